The van der Waals surface area contributed by atoms with Crippen molar-refractivity contribution in [2.75, 3.05) is 12.4 Å². The first-order valence-electron chi connectivity index (χ1n) is 11.1. The number of ether oxygens (including phenoxy) is 1. The van der Waals surface area contributed by atoms with Gasteiger partial charge < -0.3 is 15.0 Å². The number of H-pyrrole nitrogens is 1. The van der Waals surface area contributed by atoms with Gasteiger partial charge in [0.05, 0.1) is 24.7 Å². The molecule has 5 rings (SSSR count). The summed E-state index contributed by atoms with van der Waals surface area (Å²) in [5.41, 5.74) is 7.57. The summed E-state index contributed by atoms with van der Waals surface area (Å²) in [6.45, 7) is 4.47. The van der Waals surface area contributed by atoms with Crippen LogP contribution in [-0.2, 0) is 13.0 Å². The standard InChI is InChI=1S/C28H25N5O/c1-3-8-21-18-31-28-26(32-21)24(20-9-5-4-6-10-20)25(33-28)23-11-7-16-29-27(23)30-17-19-12-14-22(34-2)15-13-19/h3-7,9-16,18H,1,8,17H2,2H3,(H,29,30)(H,31,33). The van der Waals surface area contributed by atoms with Crippen LogP contribution in [0.1, 0.15) is 11.3 Å². The van der Waals surface area contributed by atoms with E-state index >= 15 is 0 Å². The number of methoxy groups -OCH3 is 1. The predicted molar refractivity (Wildman–Crippen MR) is 137 cm³/mol. The lowest BCUT2D eigenvalue weighted by molar-refractivity contribution is 0.414. The van der Waals surface area contributed by atoms with E-state index in [1.165, 1.54) is 0 Å². The number of nitrogens with zero attached hydrogens (tertiary/aromatic N) is 3. The van der Waals surface area contributed by atoms with Crippen molar-refractivity contribution in [3.05, 3.63) is 103 Å². The van der Waals surface area contributed by atoms with Gasteiger partial charge in [0, 0.05) is 30.3 Å². The van der Waals surface area contributed by atoms with E-state index in [9.17, 15) is 0 Å². The lowest BCUT2D eigenvalue weighted by Gasteiger charge is -2.12. The molecule has 6 heteroatoms. The first-order chi connectivity index (χ1) is 16.8. The van der Waals surface area contributed by atoms with Crippen LogP contribution in [0.4, 0.5) is 5.82 Å². The SMILES string of the molecule is C=CCc1cnc2[nH]c(-c3cccnc3NCc3ccc(OC)cc3)c(-c3ccccc3)c2n1. The summed E-state index contributed by atoms with van der Waals surface area (Å²) >= 11 is 0. The van der Waals surface area contributed by atoms with Crippen molar-refractivity contribution in [3.63, 3.8) is 0 Å². The van der Waals surface area contributed by atoms with Crippen LogP contribution in [0.3, 0.4) is 0 Å². The molecular weight excluding hydrogens is 422 g/mol. The van der Waals surface area contributed by atoms with Crippen molar-refractivity contribution >= 4 is 17.0 Å². The Kier molecular flexibility index (Phi) is 6.03. The van der Waals surface area contributed by atoms with E-state index in [1.807, 2.05) is 54.6 Å². The van der Waals surface area contributed by atoms with Crippen LogP contribution in [0.2, 0.25) is 0 Å². The van der Waals surface area contributed by atoms with Crippen molar-refractivity contribution in [2.45, 2.75) is 13.0 Å². The van der Waals surface area contributed by atoms with E-state index in [4.69, 9.17) is 9.72 Å². The Balaban J connectivity index is 1.59. The topological polar surface area (TPSA) is 75.7 Å². The Morgan fingerprint density at radius 1 is 1.00 bits per heavy atom. The number of aromatic nitrogens is 4. The maximum atomic E-state index is 5.26. The lowest BCUT2D eigenvalue weighted by atomic mass is 10.0. The summed E-state index contributed by atoms with van der Waals surface area (Å²) < 4.78 is 5.26. The van der Waals surface area contributed by atoms with Gasteiger partial charge >= 0.3 is 0 Å². The van der Waals surface area contributed by atoms with E-state index < -0.39 is 0 Å². The second-order valence-electron chi connectivity index (χ2n) is 7.89. The Hall–Kier alpha value is -4.45. The van der Waals surface area contributed by atoms with E-state index in [0.29, 0.717) is 13.0 Å². The van der Waals surface area contributed by atoms with Crippen molar-refractivity contribution < 1.29 is 4.74 Å². The molecule has 0 spiro atoms. The summed E-state index contributed by atoms with van der Waals surface area (Å²) in [7, 11) is 1.67. The van der Waals surface area contributed by atoms with Crippen LogP contribution in [0.5, 0.6) is 5.75 Å². The van der Waals surface area contributed by atoms with Crippen LogP contribution in [0.25, 0.3) is 33.5 Å². The highest BCUT2D eigenvalue weighted by molar-refractivity contribution is 6.01. The number of aromatic amines is 1. The highest BCUT2D eigenvalue weighted by Gasteiger charge is 2.20. The van der Waals surface area contributed by atoms with Gasteiger partial charge in [-0.25, -0.2) is 15.0 Å². The minimum Gasteiger partial charge on any atom is -0.497 e. The molecule has 0 atom stereocenters. The summed E-state index contributed by atoms with van der Waals surface area (Å²) in [5.74, 6) is 1.62. The summed E-state index contributed by atoms with van der Waals surface area (Å²) in [4.78, 5) is 17.7. The summed E-state index contributed by atoms with van der Waals surface area (Å²) in [6, 6.07) is 22.3. The van der Waals surface area contributed by atoms with Crippen LogP contribution in [0, 0.1) is 0 Å². The molecule has 2 N–H and O–H groups in total. The van der Waals surface area contributed by atoms with E-state index in [0.717, 1.165) is 56.4 Å². The van der Waals surface area contributed by atoms with Gasteiger partial charge in [-0.05, 0) is 35.4 Å². The molecule has 2 aromatic carbocycles. The number of rotatable bonds is 8. The second-order valence-corrected chi connectivity index (χ2v) is 7.89. The first kappa shape index (κ1) is 21.4. The monoisotopic (exact) mass is 447 g/mol. The van der Waals surface area contributed by atoms with Gasteiger partial charge in [-0.3, -0.25) is 0 Å². The molecule has 0 fully saturated rings. The molecule has 3 heterocycles. The van der Waals surface area contributed by atoms with Gasteiger partial charge in [0.1, 0.15) is 17.1 Å². The molecule has 5 aromatic rings. The van der Waals surface area contributed by atoms with Crippen molar-refractivity contribution in [1.29, 1.82) is 0 Å². The normalized spacial score (nSPS) is 10.9. The van der Waals surface area contributed by atoms with Gasteiger partial charge in [-0.1, -0.05) is 48.5 Å². The summed E-state index contributed by atoms with van der Waals surface area (Å²) in [6.07, 6.45) is 6.10. The molecule has 6 nitrogen and oxygen atoms in total. The maximum absolute atomic E-state index is 5.26. The maximum Gasteiger partial charge on any atom is 0.157 e. The lowest BCUT2D eigenvalue weighted by Crippen LogP contribution is -2.03. The molecule has 34 heavy (non-hydrogen) atoms. The van der Waals surface area contributed by atoms with Crippen molar-refractivity contribution in [3.8, 4) is 28.1 Å². The third kappa shape index (κ3) is 4.26. The summed E-state index contributed by atoms with van der Waals surface area (Å²) in [5, 5.41) is 3.49. The zero-order chi connectivity index (χ0) is 23.3. The molecule has 0 aliphatic heterocycles. The van der Waals surface area contributed by atoms with E-state index in [-0.39, 0.29) is 0 Å². The van der Waals surface area contributed by atoms with Gasteiger partial charge in [0.2, 0.25) is 0 Å². The Labute approximate surface area is 198 Å². The molecule has 0 saturated carbocycles. The smallest absolute Gasteiger partial charge is 0.157 e. The molecule has 168 valence electrons. The Morgan fingerprint density at radius 2 is 1.82 bits per heavy atom. The zero-order valence-corrected chi connectivity index (χ0v) is 19.0. The second kappa shape index (κ2) is 9.58. The minimum absolute atomic E-state index is 0.634. The third-order valence-corrected chi connectivity index (χ3v) is 5.66. The molecule has 3 aromatic heterocycles. The molecule has 0 saturated heterocycles. The Morgan fingerprint density at radius 3 is 2.59 bits per heavy atom. The fraction of sp³-hybridized carbons (Fsp3) is 0.107. The minimum atomic E-state index is 0.634. The third-order valence-electron chi connectivity index (χ3n) is 5.66. The number of hydrogen-bond acceptors (Lipinski definition) is 5. The highest BCUT2D eigenvalue weighted by atomic mass is 16.5. The van der Waals surface area contributed by atoms with Crippen LogP contribution in [0.15, 0.2) is 91.8 Å². The first-order valence-corrected chi connectivity index (χ1v) is 11.1. The molecule has 0 radical (unpaired) electrons. The van der Waals surface area contributed by atoms with Gasteiger partial charge in [-0.2, -0.15) is 0 Å². The van der Waals surface area contributed by atoms with Crippen LogP contribution >= 0.6 is 0 Å². The number of pyridine rings is 1. The fourth-order valence-electron chi connectivity index (χ4n) is 4.00. The van der Waals surface area contributed by atoms with Crippen molar-refractivity contribution in [2.24, 2.45) is 0 Å². The quantitative estimate of drug-likeness (QED) is 0.284. The average Bonchev–Trinajstić information content (AvgIpc) is 3.27. The number of benzene rings is 2. The van der Waals surface area contributed by atoms with Crippen LogP contribution < -0.4 is 10.1 Å². The molecule has 0 aliphatic carbocycles. The number of hydrogen-bond donors (Lipinski definition) is 2. The number of allylic oxidation sites excluding steroid dienone is 1. The fourth-order valence-corrected chi connectivity index (χ4v) is 4.00. The molecular formula is C28H25N5O. The molecule has 0 unspecified atom stereocenters. The van der Waals surface area contributed by atoms with Crippen LogP contribution in [-0.4, -0.2) is 27.0 Å². The van der Waals surface area contributed by atoms with Gasteiger partial charge in [0.15, 0.2) is 5.65 Å². The van der Waals surface area contributed by atoms with Crippen molar-refractivity contribution in [1.82, 2.24) is 19.9 Å². The molecule has 0 amide bonds. The number of anilines is 1. The number of nitrogens with one attached hydrogen (secondary N) is 2. The highest BCUT2D eigenvalue weighted by Crippen LogP contribution is 2.39. The van der Waals surface area contributed by atoms with E-state index in [2.05, 4.69) is 45.0 Å². The number of fused-ring (bicyclic) bond motifs is 1. The molecule has 0 bridgehead atoms. The molecule has 0 aliphatic rings. The van der Waals surface area contributed by atoms with Gasteiger partial charge in [0.25, 0.3) is 0 Å². The largest absolute Gasteiger partial charge is 0.497 e. The average molecular weight is 448 g/mol. The van der Waals surface area contributed by atoms with E-state index in [1.54, 1.807) is 19.5 Å². The Bertz CT molecular complexity index is 1420. The van der Waals surface area contributed by atoms with Gasteiger partial charge in [-0.15, -0.1) is 6.58 Å². The zero-order valence-electron chi connectivity index (χ0n) is 19.0. The predicted octanol–water partition coefficient (Wildman–Crippen LogP) is 6.04.